The number of sulfonamides is 1. The Morgan fingerprint density at radius 2 is 1.93 bits per heavy atom. The van der Waals surface area contributed by atoms with Crippen LogP contribution in [0.3, 0.4) is 0 Å². The first kappa shape index (κ1) is 20.3. The predicted octanol–water partition coefficient (Wildman–Crippen LogP) is 3.19. The van der Waals surface area contributed by atoms with Crippen molar-refractivity contribution in [1.82, 2.24) is 15.1 Å². The van der Waals surface area contributed by atoms with Gasteiger partial charge in [0.15, 0.2) is 0 Å². The molecule has 0 aliphatic heterocycles. The van der Waals surface area contributed by atoms with Crippen molar-refractivity contribution in [2.45, 2.75) is 25.7 Å². The van der Waals surface area contributed by atoms with Crippen LogP contribution in [0, 0.1) is 5.82 Å². The van der Waals surface area contributed by atoms with Gasteiger partial charge < -0.3 is 5.32 Å². The van der Waals surface area contributed by atoms with Crippen LogP contribution in [0.1, 0.15) is 41.7 Å². The number of fused-ring (bicyclic) bond motifs is 1. The highest BCUT2D eigenvalue weighted by atomic mass is 32.2. The van der Waals surface area contributed by atoms with Gasteiger partial charge in [-0.05, 0) is 67.6 Å². The summed E-state index contributed by atoms with van der Waals surface area (Å²) < 4.78 is 41.0. The number of benzene rings is 2. The van der Waals surface area contributed by atoms with E-state index in [1.165, 1.54) is 34.4 Å². The van der Waals surface area contributed by atoms with Crippen molar-refractivity contribution in [2.24, 2.45) is 0 Å². The number of halogens is 1. The van der Waals surface area contributed by atoms with Gasteiger partial charge in [0.2, 0.25) is 10.0 Å². The van der Waals surface area contributed by atoms with Gasteiger partial charge in [0.1, 0.15) is 11.5 Å². The van der Waals surface area contributed by atoms with E-state index in [2.05, 4.69) is 10.4 Å². The second kappa shape index (κ2) is 7.39. The summed E-state index contributed by atoms with van der Waals surface area (Å²) in [6.07, 6.45) is 3.13. The van der Waals surface area contributed by atoms with Gasteiger partial charge in [-0.25, -0.2) is 17.5 Å². The van der Waals surface area contributed by atoms with Crippen LogP contribution in [0.5, 0.6) is 0 Å². The summed E-state index contributed by atoms with van der Waals surface area (Å²) in [6.45, 7) is 2.08. The normalized spacial score (nSPS) is 14.1. The third-order valence-electron chi connectivity index (χ3n) is 5.31. The molecule has 1 aliphatic rings. The first-order chi connectivity index (χ1) is 14.2. The smallest absolute Gasteiger partial charge is 0.270 e. The molecule has 0 unspecified atom stereocenters. The lowest BCUT2D eigenvalue weighted by molar-refractivity contribution is 0.0957. The molecule has 7 nitrogen and oxygen atoms in total. The second-order valence-corrected chi connectivity index (χ2v) is 9.35. The van der Waals surface area contributed by atoms with E-state index < -0.39 is 10.0 Å². The molecule has 0 saturated heterocycles. The molecule has 0 spiro atoms. The molecule has 1 fully saturated rings. The summed E-state index contributed by atoms with van der Waals surface area (Å²) in [5.74, 6) is -0.458. The third-order valence-corrected chi connectivity index (χ3v) is 6.56. The quantitative estimate of drug-likeness (QED) is 0.651. The molecule has 0 bridgehead atoms. The fourth-order valence-corrected chi connectivity index (χ4v) is 4.75. The summed E-state index contributed by atoms with van der Waals surface area (Å²) in [7, 11) is -1.93. The van der Waals surface area contributed by atoms with E-state index in [-0.39, 0.29) is 17.6 Å². The average Bonchev–Trinajstić information content (AvgIpc) is 3.47. The van der Waals surface area contributed by atoms with E-state index in [4.69, 9.17) is 0 Å². The molecular weight excluding hydrogens is 407 g/mol. The number of rotatable bonds is 6. The van der Waals surface area contributed by atoms with E-state index >= 15 is 0 Å². The van der Waals surface area contributed by atoms with Crippen molar-refractivity contribution < 1.29 is 17.6 Å². The van der Waals surface area contributed by atoms with Crippen LogP contribution in [-0.4, -0.2) is 44.0 Å². The van der Waals surface area contributed by atoms with Crippen LogP contribution < -0.4 is 9.62 Å². The van der Waals surface area contributed by atoms with E-state index in [9.17, 15) is 17.6 Å². The van der Waals surface area contributed by atoms with Crippen molar-refractivity contribution in [3.05, 3.63) is 53.5 Å². The molecule has 0 radical (unpaired) electrons. The van der Waals surface area contributed by atoms with Crippen molar-refractivity contribution in [2.75, 3.05) is 24.2 Å². The number of carbonyl (C=O) groups is 1. The fourth-order valence-electron chi connectivity index (χ4n) is 3.77. The summed E-state index contributed by atoms with van der Waals surface area (Å²) >= 11 is 0. The zero-order valence-corrected chi connectivity index (χ0v) is 17.8. The van der Waals surface area contributed by atoms with Crippen LogP contribution in [0.25, 0.3) is 16.6 Å². The lowest BCUT2D eigenvalue weighted by Gasteiger charge is -2.23. The number of nitrogens with one attached hydrogen (secondary N) is 1. The Hall–Kier alpha value is -2.94. The van der Waals surface area contributed by atoms with Gasteiger partial charge in [0.05, 0.1) is 23.1 Å². The van der Waals surface area contributed by atoms with Crippen molar-refractivity contribution in [1.29, 1.82) is 0 Å². The average molecular weight is 431 g/mol. The minimum Gasteiger partial charge on any atom is -0.354 e. The Bertz CT molecular complexity index is 1230. The summed E-state index contributed by atoms with van der Waals surface area (Å²) in [5, 5.41) is 7.85. The Morgan fingerprint density at radius 1 is 1.27 bits per heavy atom. The van der Waals surface area contributed by atoms with Crippen LogP contribution in [0.15, 0.2) is 36.4 Å². The van der Waals surface area contributed by atoms with E-state index in [0.717, 1.165) is 18.4 Å². The van der Waals surface area contributed by atoms with Gasteiger partial charge in [0, 0.05) is 19.0 Å². The van der Waals surface area contributed by atoms with Crippen molar-refractivity contribution in [3.63, 3.8) is 0 Å². The SMILES string of the molecule is CCN(c1cc2nn(-c3ccc(F)cc3)c(C(=O)NC)c2cc1C1CC1)S(C)(=O)=O. The predicted molar refractivity (Wildman–Crippen MR) is 114 cm³/mol. The summed E-state index contributed by atoms with van der Waals surface area (Å²) in [5.41, 5.74) is 2.87. The monoisotopic (exact) mass is 430 g/mol. The lowest BCUT2D eigenvalue weighted by atomic mass is 10.0. The molecule has 1 aliphatic carbocycles. The van der Waals surface area contributed by atoms with E-state index in [1.54, 1.807) is 25.1 Å². The molecule has 30 heavy (non-hydrogen) atoms. The first-order valence-corrected chi connectivity index (χ1v) is 11.6. The minimum atomic E-state index is -3.47. The highest BCUT2D eigenvalue weighted by Gasteiger charge is 2.32. The molecule has 1 saturated carbocycles. The zero-order valence-electron chi connectivity index (χ0n) is 17.0. The fraction of sp³-hybridized carbons (Fsp3) is 0.333. The molecule has 158 valence electrons. The van der Waals surface area contributed by atoms with Crippen LogP contribution in [0.4, 0.5) is 10.1 Å². The molecule has 1 N–H and O–H groups in total. The maximum Gasteiger partial charge on any atom is 0.270 e. The van der Waals surface area contributed by atoms with E-state index in [1.807, 2.05) is 6.07 Å². The number of carbonyl (C=O) groups excluding carboxylic acids is 1. The molecular formula is C21H23FN4O3S. The molecule has 1 amide bonds. The number of aromatic nitrogens is 2. The van der Waals surface area contributed by atoms with Crippen LogP contribution in [0.2, 0.25) is 0 Å². The van der Waals surface area contributed by atoms with Crippen molar-refractivity contribution >= 4 is 32.5 Å². The molecule has 1 aromatic heterocycles. The molecule has 0 atom stereocenters. The topological polar surface area (TPSA) is 84.3 Å². The Labute approximate surface area is 174 Å². The number of anilines is 1. The lowest BCUT2D eigenvalue weighted by Crippen LogP contribution is -2.30. The number of nitrogens with zero attached hydrogens (tertiary/aromatic N) is 3. The number of hydrogen-bond acceptors (Lipinski definition) is 4. The van der Waals surface area contributed by atoms with Gasteiger partial charge in [-0.2, -0.15) is 5.10 Å². The molecule has 9 heteroatoms. The largest absolute Gasteiger partial charge is 0.354 e. The first-order valence-electron chi connectivity index (χ1n) is 9.77. The highest BCUT2D eigenvalue weighted by molar-refractivity contribution is 7.92. The van der Waals surface area contributed by atoms with Gasteiger partial charge in [0.25, 0.3) is 5.91 Å². The standard InChI is InChI=1S/C21H23FN4O3S/c1-4-25(30(3,28)29)19-12-18-17(11-16(19)13-5-6-13)20(21(27)23-2)26(24-18)15-9-7-14(22)8-10-15/h7-13H,4-6H2,1-3H3,(H,23,27). The molecule has 3 aromatic rings. The molecule has 1 heterocycles. The Balaban J connectivity index is 2.01. The van der Waals surface area contributed by atoms with E-state index in [0.29, 0.717) is 34.5 Å². The Morgan fingerprint density at radius 3 is 2.47 bits per heavy atom. The maximum atomic E-state index is 13.4. The van der Waals surface area contributed by atoms with Gasteiger partial charge in [-0.15, -0.1) is 0 Å². The van der Waals surface area contributed by atoms with Crippen molar-refractivity contribution in [3.8, 4) is 5.69 Å². The molecule has 2 aromatic carbocycles. The zero-order chi connectivity index (χ0) is 21.6. The van der Waals surface area contributed by atoms with Crippen LogP contribution >= 0.6 is 0 Å². The summed E-state index contributed by atoms with van der Waals surface area (Å²) in [4.78, 5) is 12.7. The highest BCUT2D eigenvalue weighted by Crippen LogP contribution is 2.46. The van der Waals surface area contributed by atoms with Crippen LogP contribution in [-0.2, 0) is 10.0 Å². The number of hydrogen-bond donors (Lipinski definition) is 1. The van der Waals surface area contributed by atoms with Gasteiger partial charge in [-0.3, -0.25) is 9.10 Å². The minimum absolute atomic E-state index is 0.256. The second-order valence-electron chi connectivity index (χ2n) is 7.45. The van der Waals surface area contributed by atoms with Gasteiger partial charge in [-0.1, -0.05) is 0 Å². The molecule has 4 rings (SSSR count). The Kier molecular flexibility index (Phi) is 5.01. The van der Waals surface area contributed by atoms with Gasteiger partial charge >= 0.3 is 0 Å². The third kappa shape index (κ3) is 3.54. The maximum absolute atomic E-state index is 13.4. The summed E-state index contributed by atoms with van der Waals surface area (Å²) in [6, 6.07) is 9.32. The number of amides is 1.